The quantitative estimate of drug-likeness (QED) is 0.836. The summed E-state index contributed by atoms with van der Waals surface area (Å²) >= 11 is 3.10. The molecule has 0 radical (unpaired) electrons. The number of rotatable bonds is 4. The van der Waals surface area contributed by atoms with E-state index in [0.29, 0.717) is 10.5 Å². The average molecular weight is 363 g/mol. The second-order valence-corrected chi connectivity index (χ2v) is 5.35. The molecule has 1 aromatic heterocycles. The van der Waals surface area contributed by atoms with Crippen molar-refractivity contribution in [3.8, 4) is 0 Å². The number of halogens is 5. The van der Waals surface area contributed by atoms with Gasteiger partial charge in [-0.2, -0.15) is 8.78 Å². The van der Waals surface area contributed by atoms with E-state index in [1.54, 1.807) is 0 Å². The summed E-state index contributed by atoms with van der Waals surface area (Å²) < 4.78 is 56.2. The standard InChI is InChI=1S/C14H11BrF4N2/c15-8-1-4-13(21-7-8)14(18,19)11(6-20)10-3-2-9(16)5-12(10)17/h1-5,7,11H,6,20H2/t11-/m0/s1. The van der Waals surface area contributed by atoms with Crippen LogP contribution in [-0.4, -0.2) is 11.5 Å². The van der Waals surface area contributed by atoms with Crippen molar-refractivity contribution < 1.29 is 17.6 Å². The second-order valence-electron chi connectivity index (χ2n) is 4.44. The molecule has 2 rings (SSSR count). The van der Waals surface area contributed by atoms with Crippen molar-refractivity contribution in [3.63, 3.8) is 0 Å². The highest BCUT2D eigenvalue weighted by molar-refractivity contribution is 9.10. The number of nitrogens with two attached hydrogens (primary N) is 1. The Labute approximate surface area is 127 Å². The Morgan fingerprint density at radius 2 is 1.90 bits per heavy atom. The van der Waals surface area contributed by atoms with Gasteiger partial charge >= 0.3 is 0 Å². The van der Waals surface area contributed by atoms with Crippen LogP contribution < -0.4 is 5.73 Å². The van der Waals surface area contributed by atoms with Crippen molar-refractivity contribution in [3.05, 3.63) is 63.9 Å². The molecule has 0 bridgehead atoms. The second kappa shape index (κ2) is 6.11. The number of alkyl halides is 2. The normalized spacial score (nSPS) is 13.2. The maximum absolute atomic E-state index is 14.5. The average Bonchev–Trinajstić information content (AvgIpc) is 2.42. The van der Waals surface area contributed by atoms with Gasteiger partial charge in [-0.25, -0.2) is 8.78 Å². The molecule has 0 spiro atoms. The molecule has 2 aromatic rings. The van der Waals surface area contributed by atoms with Gasteiger partial charge in [0.2, 0.25) is 0 Å². The number of benzene rings is 1. The fourth-order valence-corrected chi connectivity index (χ4v) is 2.24. The van der Waals surface area contributed by atoms with E-state index in [4.69, 9.17) is 5.73 Å². The van der Waals surface area contributed by atoms with Crippen LogP contribution in [0.2, 0.25) is 0 Å². The van der Waals surface area contributed by atoms with Crippen LogP contribution in [0.25, 0.3) is 0 Å². The van der Waals surface area contributed by atoms with E-state index >= 15 is 0 Å². The third-order valence-electron chi connectivity index (χ3n) is 3.08. The summed E-state index contributed by atoms with van der Waals surface area (Å²) in [4.78, 5) is 3.64. The van der Waals surface area contributed by atoms with Crippen LogP contribution in [0, 0.1) is 11.6 Å². The smallest absolute Gasteiger partial charge is 0.297 e. The van der Waals surface area contributed by atoms with E-state index in [9.17, 15) is 17.6 Å². The lowest BCUT2D eigenvalue weighted by atomic mass is 9.90. The van der Waals surface area contributed by atoms with Gasteiger partial charge in [0.25, 0.3) is 5.92 Å². The number of pyridine rings is 1. The van der Waals surface area contributed by atoms with Gasteiger partial charge < -0.3 is 5.73 Å². The van der Waals surface area contributed by atoms with E-state index < -0.39 is 35.7 Å². The number of hydrogen-bond acceptors (Lipinski definition) is 2. The lowest BCUT2D eigenvalue weighted by Gasteiger charge is -2.26. The molecule has 0 aliphatic rings. The third-order valence-corrected chi connectivity index (χ3v) is 3.55. The van der Waals surface area contributed by atoms with Crippen LogP contribution in [-0.2, 0) is 5.92 Å². The molecule has 0 saturated heterocycles. The van der Waals surface area contributed by atoms with Gasteiger partial charge in [0.1, 0.15) is 17.3 Å². The van der Waals surface area contributed by atoms with Crippen molar-refractivity contribution in [1.82, 2.24) is 4.98 Å². The Kier molecular flexibility index (Phi) is 4.63. The van der Waals surface area contributed by atoms with Crippen molar-refractivity contribution in [2.75, 3.05) is 6.54 Å². The maximum atomic E-state index is 14.5. The summed E-state index contributed by atoms with van der Waals surface area (Å²) in [5.74, 6) is -7.00. The number of aromatic nitrogens is 1. The largest absolute Gasteiger partial charge is 0.330 e. The van der Waals surface area contributed by atoms with Crippen LogP contribution >= 0.6 is 15.9 Å². The Bertz CT molecular complexity index is 631. The fraction of sp³-hybridized carbons (Fsp3) is 0.214. The predicted octanol–water partition coefficient (Wildman–Crippen LogP) is 3.96. The van der Waals surface area contributed by atoms with Gasteiger partial charge in [-0.05, 0) is 39.7 Å². The summed E-state index contributed by atoms with van der Waals surface area (Å²) in [7, 11) is 0. The summed E-state index contributed by atoms with van der Waals surface area (Å²) in [6.45, 7) is -0.507. The topological polar surface area (TPSA) is 38.9 Å². The molecule has 112 valence electrons. The maximum Gasteiger partial charge on any atom is 0.297 e. The monoisotopic (exact) mass is 362 g/mol. The van der Waals surface area contributed by atoms with Crippen molar-refractivity contribution in [2.45, 2.75) is 11.8 Å². The Morgan fingerprint density at radius 1 is 1.19 bits per heavy atom. The molecule has 0 amide bonds. The van der Waals surface area contributed by atoms with Crippen molar-refractivity contribution >= 4 is 15.9 Å². The molecule has 0 unspecified atom stereocenters. The Morgan fingerprint density at radius 3 is 2.43 bits per heavy atom. The number of hydrogen-bond donors (Lipinski definition) is 1. The number of nitrogens with zero attached hydrogens (tertiary/aromatic N) is 1. The highest BCUT2D eigenvalue weighted by Crippen LogP contribution is 2.41. The Balaban J connectivity index is 2.45. The predicted molar refractivity (Wildman–Crippen MR) is 74.0 cm³/mol. The molecule has 0 saturated carbocycles. The Hall–Kier alpha value is -1.47. The van der Waals surface area contributed by atoms with Gasteiger partial charge in [0, 0.05) is 23.3 Å². The molecular weight excluding hydrogens is 352 g/mol. The lowest BCUT2D eigenvalue weighted by Crippen LogP contribution is -2.31. The minimum atomic E-state index is -3.48. The van der Waals surface area contributed by atoms with Gasteiger partial charge in [-0.15, -0.1) is 0 Å². The van der Waals surface area contributed by atoms with Crippen LogP contribution in [0.15, 0.2) is 41.0 Å². The first kappa shape index (κ1) is 15.9. The van der Waals surface area contributed by atoms with Gasteiger partial charge in [0.15, 0.2) is 0 Å². The van der Waals surface area contributed by atoms with E-state index in [2.05, 4.69) is 20.9 Å². The highest BCUT2D eigenvalue weighted by Gasteiger charge is 2.44. The summed E-state index contributed by atoms with van der Waals surface area (Å²) in [6.07, 6.45) is 1.22. The zero-order valence-corrected chi connectivity index (χ0v) is 12.2. The summed E-state index contributed by atoms with van der Waals surface area (Å²) in [5, 5.41) is 0. The molecule has 0 aliphatic heterocycles. The van der Waals surface area contributed by atoms with Crippen LogP contribution in [0.1, 0.15) is 17.2 Å². The van der Waals surface area contributed by atoms with Crippen molar-refractivity contribution in [1.29, 1.82) is 0 Å². The minimum Gasteiger partial charge on any atom is -0.330 e. The first-order valence-electron chi connectivity index (χ1n) is 6.01. The van der Waals surface area contributed by atoms with Gasteiger partial charge in [-0.1, -0.05) is 6.07 Å². The highest BCUT2D eigenvalue weighted by atomic mass is 79.9. The van der Waals surface area contributed by atoms with Gasteiger partial charge in [-0.3, -0.25) is 4.98 Å². The van der Waals surface area contributed by atoms with Crippen LogP contribution in [0.3, 0.4) is 0 Å². The van der Waals surface area contributed by atoms with Crippen LogP contribution in [0.5, 0.6) is 0 Å². The molecule has 2 N–H and O–H groups in total. The summed E-state index contributed by atoms with van der Waals surface area (Å²) in [6, 6.07) is 5.00. The van der Waals surface area contributed by atoms with Crippen LogP contribution in [0.4, 0.5) is 17.6 Å². The molecular formula is C14H11BrF4N2. The molecule has 2 nitrogen and oxygen atoms in total. The fourth-order valence-electron chi connectivity index (χ4n) is 2.01. The minimum absolute atomic E-state index is 0.339. The van der Waals surface area contributed by atoms with E-state index in [0.717, 1.165) is 18.2 Å². The third kappa shape index (κ3) is 3.24. The molecule has 1 aromatic carbocycles. The lowest BCUT2D eigenvalue weighted by molar-refractivity contribution is -0.0366. The molecule has 0 fully saturated rings. The molecule has 21 heavy (non-hydrogen) atoms. The molecule has 1 atom stereocenters. The van der Waals surface area contributed by atoms with E-state index in [-0.39, 0.29) is 5.56 Å². The zero-order valence-electron chi connectivity index (χ0n) is 10.7. The molecule has 1 heterocycles. The SMILES string of the molecule is NC[C@@H](c1ccc(F)cc1F)C(F)(F)c1ccc(Br)cn1. The van der Waals surface area contributed by atoms with Crippen molar-refractivity contribution in [2.24, 2.45) is 5.73 Å². The first-order valence-corrected chi connectivity index (χ1v) is 6.80. The van der Waals surface area contributed by atoms with E-state index in [1.165, 1.54) is 12.3 Å². The first-order chi connectivity index (χ1) is 9.86. The zero-order chi connectivity index (χ0) is 15.6. The van der Waals surface area contributed by atoms with E-state index in [1.807, 2.05) is 0 Å². The van der Waals surface area contributed by atoms with Gasteiger partial charge in [0.05, 0.1) is 5.92 Å². The molecule has 0 aliphatic carbocycles. The summed E-state index contributed by atoms with van der Waals surface area (Å²) in [5.41, 5.74) is 4.53. The molecule has 7 heteroatoms.